The van der Waals surface area contributed by atoms with Crippen molar-refractivity contribution < 1.29 is 47.8 Å². The number of allylic oxidation sites excluding steroid dienone is 2. The van der Waals surface area contributed by atoms with Gasteiger partial charge in [0, 0.05) is 12.2 Å². The predicted molar refractivity (Wildman–Crippen MR) is 215 cm³/mol. The van der Waals surface area contributed by atoms with E-state index in [2.05, 4.69) is 18.4 Å². The van der Waals surface area contributed by atoms with Gasteiger partial charge in [-0.2, -0.15) is 0 Å². The van der Waals surface area contributed by atoms with E-state index in [9.17, 15) is 24.2 Å². The zero-order chi connectivity index (χ0) is 39.1. The lowest BCUT2D eigenvalue weighted by atomic mass is 10.0. The molecule has 3 atom stereocenters. The van der Waals surface area contributed by atoms with Crippen LogP contribution < -0.4 is 0 Å². The Balaban J connectivity index is 4.39. The van der Waals surface area contributed by atoms with Crippen LogP contribution in [0.1, 0.15) is 194 Å². The molecule has 0 amide bonds. The number of hydrogen-bond donors (Lipinski definition) is 3. The van der Waals surface area contributed by atoms with Crippen LogP contribution in [0.5, 0.6) is 0 Å². The normalized spacial score (nSPS) is 14.1. The first-order valence-electron chi connectivity index (χ1n) is 21.3. The first kappa shape index (κ1) is 51.5. The van der Waals surface area contributed by atoms with Crippen LogP contribution in [0, 0.1) is 0 Å². The van der Waals surface area contributed by atoms with Crippen LogP contribution >= 0.6 is 7.82 Å². The largest absolute Gasteiger partial charge is 0.472 e. The number of esters is 2. The molecule has 0 aromatic carbocycles. The number of hydrogen-bond acceptors (Lipinski definition) is 9. The summed E-state index contributed by atoms with van der Waals surface area (Å²) in [5, 5.41) is 18.3. The Labute approximate surface area is 323 Å². The van der Waals surface area contributed by atoms with E-state index in [1.165, 1.54) is 153 Å². The summed E-state index contributed by atoms with van der Waals surface area (Å²) in [7, 11) is -4.64. The third-order valence-corrected chi connectivity index (χ3v) is 10.2. The minimum atomic E-state index is -4.64. The van der Waals surface area contributed by atoms with Gasteiger partial charge in [-0.15, -0.1) is 0 Å². The van der Waals surface area contributed by atoms with Crippen LogP contribution in [-0.4, -0.2) is 65.7 Å². The standard InChI is InChI=1S/C42H79O10P/c1-3-5-7-9-11-13-15-17-19-21-23-25-27-29-31-33-41(45)49-37-40(38-51-53(47,48)50-36-39(44)35-43)52-42(46)34-32-30-28-26-24-22-20-18-16-14-12-10-8-6-4-2/h31-34,39-40,43-44H,3-30,35-38H2,1-2H3,(H,47,48)/t39-,40+/m0/s1. The molecule has 1 unspecified atom stereocenters. The smallest absolute Gasteiger partial charge is 0.458 e. The molecule has 0 fully saturated rings. The lowest BCUT2D eigenvalue weighted by molar-refractivity contribution is -0.154. The molecule has 0 radical (unpaired) electrons. The highest BCUT2D eigenvalue weighted by Gasteiger charge is 2.26. The number of unbranched alkanes of at least 4 members (excludes halogenated alkanes) is 26. The van der Waals surface area contributed by atoms with Gasteiger partial charge in [-0.1, -0.05) is 180 Å². The second kappa shape index (κ2) is 38.7. The van der Waals surface area contributed by atoms with Crippen LogP contribution in [0.2, 0.25) is 0 Å². The molecule has 3 N–H and O–H groups in total. The van der Waals surface area contributed by atoms with Crippen molar-refractivity contribution in [2.24, 2.45) is 0 Å². The van der Waals surface area contributed by atoms with E-state index in [4.69, 9.17) is 19.1 Å². The molecule has 0 heterocycles. The number of ether oxygens (including phenoxy) is 2. The molecule has 0 spiro atoms. The summed E-state index contributed by atoms with van der Waals surface area (Å²) in [4.78, 5) is 34.7. The lowest BCUT2D eigenvalue weighted by Gasteiger charge is -2.19. The molecule has 0 aliphatic rings. The molecule has 0 aliphatic heterocycles. The highest BCUT2D eigenvalue weighted by molar-refractivity contribution is 7.47. The van der Waals surface area contributed by atoms with E-state index >= 15 is 0 Å². The van der Waals surface area contributed by atoms with E-state index in [1.807, 2.05) is 0 Å². The highest BCUT2D eigenvalue weighted by Crippen LogP contribution is 2.43. The molecule has 0 rings (SSSR count). The zero-order valence-corrected chi connectivity index (χ0v) is 34.6. The Morgan fingerprint density at radius 2 is 0.906 bits per heavy atom. The summed E-state index contributed by atoms with van der Waals surface area (Å²) in [5.41, 5.74) is 0. The van der Waals surface area contributed by atoms with Crippen molar-refractivity contribution in [3.8, 4) is 0 Å². The van der Waals surface area contributed by atoms with Crippen LogP contribution in [-0.2, 0) is 32.7 Å². The molecule has 312 valence electrons. The molecule has 11 heteroatoms. The molecule has 0 aromatic heterocycles. The summed E-state index contributed by atoms with van der Waals surface area (Å²) >= 11 is 0. The molecule has 0 aromatic rings. The highest BCUT2D eigenvalue weighted by atomic mass is 31.2. The van der Waals surface area contributed by atoms with Crippen molar-refractivity contribution in [3.05, 3.63) is 24.3 Å². The average Bonchev–Trinajstić information content (AvgIpc) is 3.14. The molecule has 10 nitrogen and oxygen atoms in total. The van der Waals surface area contributed by atoms with Crippen LogP contribution in [0.15, 0.2) is 24.3 Å². The molecular weight excluding hydrogens is 695 g/mol. The number of carbonyl (C=O) groups is 2. The lowest BCUT2D eigenvalue weighted by Crippen LogP contribution is -2.29. The predicted octanol–water partition coefficient (Wildman–Crippen LogP) is 11.0. The second-order valence-electron chi connectivity index (χ2n) is 14.5. The maximum Gasteiger partial charge on any atom is 0.472 e. The van der Waals surface area contributed by atoms with Crippen LogP contribution in [0.4, 0.5) is 0 Å². The number of rotatable bonds is 40. The third kappa shape index (κ3) is 38.5. The fourth-order valence-corrected chi connectivity index (χ4v) is 6.70. The Hall–Kier alpha value is -1.55. The molecule has 0 aliphatic carbocycles. The second-order valence-corrected chi connectivity index (χ2v) is 15.9. The van der Waals surface area contributed by atoms with E-state index in [0.717, 1.165) is 38.5 Å². The van der Waals surface area contributed by atoms with E-state index in [-0.39, 0.29) is 6.61 Å². The molecular formula is C42H79O10P. The Kier molecular flexibility index (Phi) is 37.6. The SMILES string of the molecule is CCCCCCCCCCCCCCCC=CC(=O)OC[C@H](COP(=O)(O)OC[C@@H](O)CO)OC(=O)C=CCCCCCCCCCCCCCCC. The number of phosphoric ester groups is 1. The Morgan fingerprint density at radius 3 is 1.30 bits per heavy atom. The van der Waals surface area contributed by atoms with Gasteiger partial charge in [0.05, 0.1) is 19.8 Å². The van der Waals surface area contributed by atoms with Gasteiger partial charge in [-0.05, 0) is 25.7 Å². The molecule has 0 saturated heterocycles. The fourth-order valence-electron chi connectivity index (χ4n) is 5.91. The maximum absolute atomic E-state index is 12.5. The van der Waals surface area contributed by atoms with Crippen molar-refractivity contribution in [1.29, 1.82) is 0 Å². The summed E-state index contributed by atoms with van der Waals surface area (Å²) in [6.45, 7) is 2.23. The van der Waals surface area contributed by atoms with Gasteiger partial charge in [0.2, 0.25) is 0 Å². The van der Waals surface area contributed by atoms with Gasteiger partial charge in [0.25, 0.3) is 0 Å². The van der Waals surface area contributed by atoms with Crippen LogP contribution in [0.3, 0.4) is 0 Å². The number of carbonyl (C=O) groups excluding carboxylic acids is 2. The first-order valence-corrected chi connectivity index (χ1v) is 22.8. The Morgan fingerprint density at radius 1 is 0.547 bits per heavy atom. The summed E-state index contributed by atoms with van der Waals surface area (Å²) in [6.07, 6.45) is 38.1. The van der Waals surface area contributed by atoms with E-state index in [1.54, 1.807) is 12.2 Å². The van der Waals surface area contributed by atoms with Crippen LogP contribution in [0.25, 0.3) is 0 Å². The van der Waals surface area contributed by atoms with Gasteiger partial charge in [-0.3, -0.25) is 9.05 Å². The van der Waals surface area contributed by atoms with Gasteiger partial charge in [0.1, 0.15) is 12.7 Å². The maximum atomic E-state index is 12.5. The van der Waals surface area contributed by atoms with Crippen molar-refractivity contribution in [2.45, 2.75) is 206 Å². The van der Waals surface area contributed by atoms with E-state index in [0.29, 0.717) is 0 Å². The van der Waals surface area contributed by atoms with E-state index < -0.39 is 51.8 Å². The monoisotopic (exact) mass is 775 g/mol. The van der Waals surface area contributed by atoms with Crippen molar-refractivity contribution >= 4 is 19.8 Å². The summed E-state index contributed by atoms with van der Waals surface area (Å²) in [5.74, 6) is -1.31. The minimum Gasteiger partial charge on any atom is -0.458 e. The minimum absolute atomic E-state index is 0.389. The van der Waals surface area contributed by atoms with Gasteiger partial charge in [0.15, 0.2) is 6.10 Å². The topological polar surface area (TPSA) is 149 Å². The number of aliphatic hydroxyl groups is 2. The van der Waals surface area contributed by atoms with Gasteiger partial charge in [-0.25, -0.2) is 14.2 Å². The van der Waals surface area contributed by atoms with Gasteiger partial charge < -0.3 is 24.6 Å². The quantitative estimate of drug-likeness (QED) is 0.0238. The summed E-state index contributed by atoms with van der Waals surface area (Å²) in [6, 6.07) is 0. The average molecular weight is 775 g/mol. The van der Waals surface area contributed by atoms with Gasteiger partial charge >= 0.3 is 19.8 Å². The number of aliphatic hydroxyl groups excluding tert-OH is 2. The molecule has 0 saturated carbocycles. The molecule has 53 heavy (non-hydrogen) atoms. The zero-order valence-electron chi connectivity index (χ0n) is 33.7. The number of phosphoric acid groups is 1. The van der Waals surface area contributed by atoms with Crippen molar-refractivity contribution in [1.82, 2.24) is 0 Å². The summed E-state index contributed by atoms with van der Waals surface area (Å²) < 4.78 is 32.4. The Bertz CT molecular complexity index is 941. The van der Waals surface area contributed by atoms with Crippen molar-refractivity contribution in [2.75, 3.05) is 26.4 Å². The first-order chi connectivity index (χ1) is 25.7. The third-order valence-electron chi connectivity index (χ3n) is 9.22. The molecule has 0 bridgehead atoms. The van der Waals surface area contributed by atoms with Crippen molar-refractivity contribution in [3.63, 3.8) is 0 Å². The fraction of sp³-hybridized carbons (Fsp3) is 0.857.